The molecule has 0 spiro atoms. The molecule has 1 fully saturated rings. The summed E-state index contributed by atoms with van der Waals surface area (Å²) in [6.45, 7) is 3.11. The summed E-state index contributed by atoms with van der Waals surface area (Å²) in [6, 6.07) is 9.89. The van der Waals surface area contributed by atoms with Crippen LogP contribution in [0.1, 0.15) is 30.7 Å². The maximum Gasteiger partial charge on any atom is 0.191 e. The molecule has 1 saturated heterocycles. The van der Waals surface area contributed by atoms with Crippen molar-refractivity contribution < 1.29 is 9.15 Å². The highest BCUT2D eigenvalue weighted by molar-refractivity contribution is 14.0. The van der Waals surface area contributed by atoms with Gasteiger partial charge in [0.05, 0.1) is 18.9 Å². The molecule has 0 saturated carbocycles. The van der Waals surface area contributed by atoms with Gasteiger partial charge in [0.1, 0.15) is 5.76 Å². The van der Waals surface area contributed by atoms with Crippen molar-refractivity contribution in [1.82, 2.24) is 15.6 Å². The van der Waals surface area contributed by atoms with Gasteiger partial charge in [0.25, 0.3) is 0 Å². The fraction of sp³-hybridized carbons (Fsp3) is 0.500. The van der Waals surface area contributed by atoms with E-state index in [-0.39, 0.29) is 30.1 Å². The highest BCUT2D eigenvalue weighted by Gasteiger charge is 2.13. The second-order valence-corrected chi connectivity index (χ2v) is 6.43. The monoisotopic (exact) mass is 484 g/mol. The fourth-order valence-electron chi connectivity index (χ4n) is 2.93. The Kier molecular flexibility index (Phi) is 10.2. The van der Waals surface area contributed by atoms with Crippen molar-refractivity contribution in [3.63, 3.8) is 0 Å². The number of hydrogen-bond acceptors (Lipinski definition) is 4. The van der Waals surface area contributed by atoms with E-state index in [2.05, 4.69) is 15.6 Å². The van der Waals surface area contributed by atoms with Gasteiger partial charge in [0.15, 0.2) is 5.96 Å². The molecule has 2 aromatic rings. The van der Waals surface area contributed by atoms with E-state index in [1.165, 1.54) is 6.42 Å². The van der Waals surface area contributed by atoms with Crippen LogP contribution in [-0.4, -0.2) is 43.3 Å². The van der Waals surface area contributed by atoms with Gasteiger partial charge >= 0.3 is 0 Å². The zero-order chi connectivity index (χ0) is 17.9. The van der Waals surface area contributed by atoms with Crippen LogP contribution in [0.3, 0.4) is 0 Å². The average molecular weight is 484 g/mol. The van der Waals surface area contributed by atoms with Gasteiger partial charge in [-0.15, -0.1) is 24.0 Å². The first-order valence-electron chi connectivity index (χ1n) is 9.46. The Labute approximate surface area is 178 Å². The molecular weight excluding hydrogens is 455 g/mol. The smallest absolute Gasteiger partial charge is 0.191 e. The number of halogens is 1. The number of ether oxygens (including phenoxy) is 1. The van der Waals surface area contributed by atoms with E-state index in [4.69, 9.17) is 14.1 Å². The van der Waals surface area contributed by atoms with Crippen molar-refractivity contribution in [2.45, 2.75) is 38.2 Å². The summed E-state index contributed by atoms with van der Waals surface area (Å²) in [4.78, 5) is 9.07. The molecule has 3 rings (SSSR count). The highest BCUT2D eigenvalue weighted by Crippen LogP contribution is 2.12. The minimum atomic E-state index is 0. The van der Waals surface area contributed by atoms with E-state index < -0.39 is 0 Å². The fourth-order valence-corrected chi connectivity index (χ4v) is 2.93. The number of pyridine rings is 1. The number of aromatic nitrogens is 1. The zero-order valence-electron chi connectivity index (χ0n) is 15.6. The molecule has 27 heavy (non-hydrogen) atoms. The predicted octanol–water partition coefficient (Wildman–Crippen LogP) is 3.18. The summed E-state index contributed by atoms with van der Waals surface area (Å²) >= 11 is 0. The Morgan fingerprint density at radius 1 is 1.11 bits per heavy atom. The van der Waals surface area contributed by atoms with E-state index >= 15 is 0 Å². The van der Waals surface area contributed by atoms with E-state index in [0.29, 0.717) is 6.54 Å². The quantitative estimate of drug-likeness (QED) is 0.342. The van der Waals surface area contributed by atoms with Gasteiger partial charge < -0.3 is 19.8 Å². The Morgan fingerprint density at radius 3 is 2.70 bits per heavy atom. The third kappa shape index (κ3) is 8.30. The number of nitrogens with one attached hydrogen (secondary N) is 2. The zero-order valence-corrected chi connectivity index (χ0v) is 17.9. The minimum Gasteiger partial charge on any atom is -0.469 e. The Morgan fingerprint density at radius 2 is 2.00 bits per heavy atom. The van der Waals surface area contributed by atoms with E-state index in [1.807, 2.05) is 36.5 Å². The Hall–Kier alpha value is -1.61. The molecule has 2 aromatic heterocycles. The first-order valence-corrected chi connectivity index (χ1v) is 9.46. The number of nitrogens with zero attached hydrogens (tertiary/aromatic N) is 2. The molecular formula is C20H29IN4O2. The third-order valence-corrected chi connectivity index (χ3v) is 4.37. The number of aliphatic imine (C=N–C) groups is 1. The molecule has 7 heteroatoms. The van der Waals surface area contributed by atoms with Gasteiger partial charge in [-0.1, -0.05) is 6.07 Å². The maximum atomic E-state index is 5.78. The average Bonchev–Trinajstić information content (AvgIpc) is 3.21. The van der Waals surface area contributed by atoms with Crippen LogP contribution in [0, 0.1) is 0 Å². The summed E-state index contributed by atoms with van der Waals surface area (Å²) in [5, 5.41) is 6.79. The summed E-state index contributed by atoms with van der Waals surface area (Å²) in [5.41, 5.74) is 1.07. The maximum absolute atomic E-state index is 5.78. The molecule has 148 valence electrons. The van der Waals surface area contributed by atoms with Gasteiger partial charge in [-0.05, 0) is 43.5 Å². The van der Waals surface area contributed by atoms with Crippen molar-refractivity contribution in [3.8, 4) is 0 Å². The highest BCUT2D eigenvalue weighted by atomic mass is 127. The van der Waals surface area contributed by atoms with Crippen LogP contribution in [0.25, 0.3) is 0 Å². The number of rotatable bonds is 8. The molecule has 0 aromatic carbocycles. The van der Waals surface area contributed by atoms with Crippen molar-refractivity contribution in [2.24, 2.45) is 4.99 Å². The van der Waals surface area contributed by atoms with Gasteiger partial charge in [-0.25, -0.2) is 0 Å². The van der Waals surface area contributed by atoms with Crippen LogP contribution in [-0.2, 0) is 17.6 Å². The summed E-state index contributed by atoms with van der Waals surface area (Å²) in [6.07, 6.45) is 8.95. The van der Waals surface area contributed by atoms with Crippen molar-refractivity contribution in [3.05, 3.63) is 54.2 Å². The van der Waals surface area contributed by atoms with Crippen LogP contribution < -0.4 is 10.6 Å². The molecule has 0 bridgehead atoms. The van der Waals surface area contributed by atoms with Crippen LogP contribution in [0.2, 0.25) is 0 Å². The topological polar surface area (TPSA) is 71.7 Å². The van der Waals surface area contributed by atoms with Crippen molar-refractivity contribution in [1.29, 1.82) is 0 Å². The molecule has 1 aliphatic rings. The minimum absolute atomic E-state index is 0. The molecule has 0 aliphatic carbocycles. The number of furan rings is 1. The van der Waals surface area contributed by atoms with Crippen LogP contribution in [0.4, 0.5) is 0 Å². The largest absolute Gasteiger partial charge is 0.469 e. The molecule has 1 unspecified atom stereocenters. The lowest BCUT2D eigenvalue weighted by Crippen LogP contribution is -2.40. The normalized spacial score (nSPS) is 17.2. The lowest BCUT2D eigenvalue weighted by Gasteiger charge is -2.21. The molecule has 1 atom stereocenters. The van der Waals surface area contributed by atoms with Gasteiger partial charge in [-0.3, -0.25) is 9.98 Å². The third-order valence-electron chi connectivity index (χ3n) is 4.37. The van der Waals surface area contributed by atoms with Gasteiger partial charge in [0.2, 0.25) is 0 Å². The van der Waals surface area contributed by atoms with E-state index in [0.717, 1.165) is 62.8 Å². The first-order chi connectivity index (χ1) is 12.9. The van der Waals surface area contributed by atoms with Gasteiger partial charge in [0, 0.05) is 44.4 Å². The SMILES string of the molecule is I.c1ccc(CCNC(=NCC2CCCCO2)NCCc2ccco2)nc1. The molecule has 0 radical (unpaired) electrons. The first kappa shape index (κ1) is 21.7. The van der Waals surface area contributed by atoms with Crippen LogP contribution in [0.5, 0.6) is 0 Å². The summed E-state index contributed by atoms with van der Waals surface area (Å²) in [5.74, 6) is 1.79. The summed E-state index contributed by atoms with van der Waals surface area (Å²) < 4.78 is 11.2. The lowest BCUT2D eigenvalue weighted by molar-refractivity contribution is 0.0224. The lowest BCUT2D eigenvalue weighted by atomic mass is 10.1. The summed E-state index contributed by atoms with van der Waals surface area (Å²) in [7, 11) is 0. The molecule has 2 N–H and O–H groups in total. The van der Waals surface area contributed by atoms with Crippen molar-refractivity contribution in [2.75, 3.05) is 26.2 Å². The van der Waals surface area contributed by atoms with Crippen LogP contribution >= 0.6 is 24.0 Å². The number of guanidine groups is 1. The second kappa shape index (κ2) is 12.7. The number of hydrogen-bond donors (Lipinski definition) is 2. The second-order valence-electron chi connectivity index (χ2n) is 6.43. The van der Waals surface area contributed by atoms with Crippen LogP contribution in [0.15, 0.2) is 52.2 Å². The Bertz CT molecular complexity index is 643. The molecule has 0 amide bonds. The molecule has 3 heterocycles. The van der Waals surface area contributed by atoms with Crippen molar-refractivity contribution >= 4 is 29.9 Å². The predicted molar refractivity (Wildman–Crippen MR) is 118 cm³/mol. The van der Waals surface area contributed by atoms with Gasteiger partial charge in [-0.2, -0.15) is 0 Å². The Balaban J connectivity index is 0.00000261. The standard InChI is InChI=1S/C20H28N4O2.HI/c1-3-11-21-17(6-1)9-12-22-20(23-13-10-18-8-5-15-25-18)24-16-19-7-2-4-14-26-19;/h1,3,5-6,8,11,15,19H,2,4,7,9-10,12-14,16H2,(H2,22,23,24);1H. The van der Waals surface area contributed by atoms with E-state index in [9.17, 15) is 0 Å². The molecule has 1 aliphatic heterocycles. The van der Waals surface area contributed by atoms with E-state index in [1.54, 1.807) is 6.26 Å². The molecule has 6 nitrogen and oxygen atoms in total.